The summed E-state index contributed by atoms with van der Waals surface area (Å²) in [7, 11) is 0. The van der Waals surface area contributed by atoms with E-state index in [1.807, 2.05) is 12.1 Å². The van der Waals surface area contributed by atoms with Gasteiger partial charge in [-0.05, 0) is 56.7 Å². The van der Waals surface area contributed by atoms with Crippen LogP contribution in [0.15, 0.2) is 18.2 Å². The molecule has 0 atom stereocenters. The Morgan fingerprint density at radius 1 is 1.04 bits per heavy atom. The molecule has 6 heteroatoms. The zero-order valence-electron chi connectivity index (χ0n) is 13.7. The van der Waals surface area contributed by atoms with Crippen LogP contribution in [0.3, 0.4) is 0 Å². The first-order valence-corrected chi connectivity index (χ1v) is 9.05. The molecule has 1 aliphatic carbocycles. The van der Waals surface area contributed by atoms with Gasteiger partial charge in [0, 0.05) is 24.3 Å². The molecule has 126 valence electrons. The Kier molecular flexibility index (Phi) is 4.19. The van der Waals surface area contributed by atoms with Gasteiger partial charge in [-0.1, -0.05) is 11.6 Å². The SMILES string of the molecule is Nc1cc(Nc2nc3c(c(N4CCCC4)n2)CCCC3)ccc1Cl. The lowest BCUT2D eigenvalue weighted by atomic mass is 9.96. The van der Waals surface area contributed by atoms with E-state index in [1.165, 1.54) is 36.9 Å². The summed E-state index contributed by atoms with van der Waals surface area (Å²) in [5.41, 5.74) is 9.86. The maximum absolute atomic E-state index is 6.00. The Morgan fingerprint density at radius 3 is 2.62 bits per heavy atom. The van der Waals surface area contributed by atoms with Crippen molar-refractivity contribution in [1.29, 1.82) is 0 Å². The molecule has 1 aromatic carbocycles. The minimum atomic E-state index is 0.555. The molecule has 4 rings (SSSR count). The minimum Gasteiger partial charge on any atom is -0.397 e. The number of aromatic nitrogens is 2. The Labute approximate surface area is 147 Å². The van der Waals surface area contributed by atoms with Crippen molar-refractivity contribution in [2.45, 2.75) is 38.5 Å². The summed E-state index contributed by atoms with van der Waals surface area (Å²) in [5.74, 6) is 1.78. The van der Waals surface area contributed by atoms with Gasteiger partial charge in [0.25, 0.3) is 0 Å². The first kappa shape index (κ1) is 15.5. The summed E-state index contributed by atoms with van der Waals surface area (Å²) in [4.78, 5) is 12.0. The second-order valence-corrected chi connectivity index (χ2v) is 6.97. The molecule has 0 radical (unpaired) electrons. The van der Waals surface area contributed by atoms with Gasteiger partial charge < -0.3 is 16.0 Å². The van der Waals surface area contributed by atoms with Crippen LogP contribution in [0.2, 0.25) is 5.02 Å². The smallest absolute Gasteiger partial charge is 0.229 e. The highest BCUT2D eigenvalue weighted by atomic mass is 35.5. The molecule has 1 fully saturated rings. The highest BCUT2D eigenvalue weighted by molar-refractivity contribution is 6.33. The van der Waals surface area contributed by atoms with Gasteiger partial charge in [-0.15, -0.1) is 0 Å². The molecule has 0 unspecified atom stereocenters. The third-order valence-corrected chi connectivity index (χ3v) is 5.16. The van der Waals surface area contributed by atoms with Gasteiger partial charge in [-0.3, -0.25) is 0 Å². The number of nitrogens with zero attached hydrogens (tertiary/aromatic N) is 3. The molecular formula is C18H22ClN5. The van der Waals surface area contributed by atoms with Crippen molar-refractivity contribution in [1.82, 2.24) is 9.97 Å². The molecule has 2 aliphatic rings. The van der Waals surface area contributed by atoms with E-state index in [1.54, 1.807) is 6.07 Å². The summed E-state index contributed by atoms with van der Waals surface area (Å²) in [6, 6.07) is 5.51. The van der Waals surface area contributed by atoms with Gasteiger partial charge >= 0.3 is 0 Å². The third kappa shape index (κ3) is 3.00. The second kappa shape index (κ2) is 6.48. The number of nitrogens with one attached hydrogen (secondary N) is 1. The molecular weight excluding hydrogens is 322 g/mol. The molecule has 0 bridgehead atoms. The van der Waals surface area contributed by atoms with Gasteiger partial charge in [0.15, 0.2) is 0 Å². The van der Waals surface area contributed by atoms with Crippen LogP contribution < -0.4 is 16.0 Å². The number of nitrogens with two attached hydrogens (primary N) is 1. The van der Waals surface area contributed by atoms with Crippen LogP contribution in [-0.4, -0.2) is 23.1 Å². The van der Waals surface area contributed by atoms with E-state index in [2.05, 4.69) is 10.2 Å². The number of halogens is 1. The van der Waals surface area contributed by atoms with Crippen LogP contribution >= 0.6 is 11.6 Å². The number of fused-ring (bicyclic) bond motifs is 1. The highest BCUT2D eigenvalue weighted by Gasteiger charge is 2.23. The van der Waals surface area contributed by atoms with Crippen molar-refractivity contribution >= 4 is 34.7 Å². The van der Waals surface area contributed by atoms with E-state index >= 15 is 0 Å². The van der Waals surface area contributed by atoms with Crippen molar-refractivity contribution in [2.75, 3.05) is 29.0 Å². The lowest BCUT2D eigenvalue weighted by Gasteiger charge is -2.25. The average molecular weight is 344 g/mol. The van der Waals surface area contributed by atoms with Crippen molar-refractivity contribution in [2.24, 2.45) is 0 Å². The molecule has 1 aromatic heterocycles. The first-order chi connectivity index (χ1) is 11.7. The monoisotopic (exact) mass is 343 g/mol. The largest absolute Gasteiger partial charge is 0.397 e. The number of aryl methyl sites for hydroxylation is 1. The fraction of sp³-hybridized carbons (Fsp3) is 0.444. The Hall–Kier alpha value is -2.01. The van der Waals surface area contributed by atoms with Crippen molar-refractivity contribution in [3.8, 4) is 0 Å². The van der Waals surface area contributed by atoms with Crippen LogP contribution in [-0.2, 0) is 12.8 Å². The van der Waals surface area contributed by atoms with Crippen LogP contribution in [0, 0.1) is 0 Å². The lowest BCUT2D eigenvalue weighted by Crippen LogP contribution is -2.24. The number of nitrogen functional groups attached to an aromatic ring is 1. The number of rotatable bonds is 3. The zero-order chi connectivity index (χ0) is 16.5. The van der Waals surface area contributed by atoms with Gasteiger partial charge in [0.05, 0.1) is 16.4 Å². The summed E-state index contributed by atoms with van der Waals surface area (Å²) >= 11 is 6.00. The number of hydrogen-bond donors (Lipinski definition) is 2. The predicted molar refractivity (Wildman–Crippen MR) is 99.3 cm³/mol. The van der Waals surface area contributed by atoms with Crippen LogP contribution in [0.5, 0.6) is 0 Å². The van der Waals surface area contributed by atoms with E-state index in [0.29, 0.717) is 16.7 Å². The highest BCUT2D eigenvalue weighted by Crippen LogP contribution is 2.32. The van der Waals surface area contributed by atoms with Crippen LogP contribution in [0.25, 0.3) is 0 Å². The normalized spacial score (nSPS) is 17.0. The van der Waals surface area contributed by atoms with Gasteiger partial charge in [-0.2, -0.15) is 4.98 Å². The van der Waals surface area contributed by atoms with Crippen molar-refractivity contribution in [3.63, 3.8) is 0 Å². The van der Waals surface area contributed by atoms with Crippen molar-refractivity contribution < 1.29 is 0 Å². The standard InChI is InChI=1S/C18H22ClN5/c19-14-8-7-12(11-15(14)20)21-18-22-16-6-2-1-5-13(16)17(23-18)24-9-3-4-10-24/h7-8,11H,1-6,9-10,20H2,(H,21,22,23). The van der Waals surface area contributed by atoms with Crippen molar-refractivity contribution in [3.05, 3.63) is 34.5 Å². The first-order valence-electron chi connectivity index (χ1n) is 8.67. The quantitative estimate of drug-likeness (QED) is 0.826. The molecule has 2 aromatic rings. The lowest BCUT2D eigenvalue weighted by molar-refractivity contribution is 0.660. The van der Waals surface area contributed by atoms with E-state index in [-0.39, 0.29) is 0 Å². The van der Waals surface area contributed by atoms with E-state index in [9.17, 15) is 0 Å². The third-order valence-electron chi connectivity index (χ3n) is 4.82. The Balaban J connectivity index is 1.69. The average Bonchev–Trinajstić information content (AvgIpc) is 3.12. The number of anilines is 4. The molecule has 1 saturated heterocycles. The summed E-state index contributed by atoms with van der Waals surface area (Å²) < 4.78 is 0. The molecule has 0 saturated carbocycles. The molecule has 0 amide bonds. The van der Waals surface area contributed by atoms with E-state index in [4.69, 9.17) is 27.3 Å². The van der Waals surface area contributed by atoms with Gasteiger partial charge in [0.1, 0.15) is 5.82 Å². The van der Waals surface area contributed by atoms with Crippen LogP contribution in [0.1, 0.15) is 36.9 Å². The minimum absolute atomic E-state index is 0.555. The summed E-state index contributed by atoms with van der Waals surface area (Å²) in [6.07, 6.45) is 7.06. The topological polar surface area (TPSA) is 67.1 Å². The molecule has 5 nitrogen and oxygen atoms in total. The maximum Gasteiger partial charge on any atom is 0.229 e. The number of benzene rings is 1. The number of hydrogen-bond acceptors (Lipinski definition) is 5. The van der Waals surface area contributed by atoms with Crippen LogP contribution in [0.4, 0.5) is 23.1 Å². The second-order valence-electron chi connectivity index (χ2n) is 6.56. The van der Waals surface area contributed by atoms with E-state index < -0.39 is 0 Å². The molecule has 0 spiro atoms. The Bertz CT molecular complexity index is 755. The van der Waals surface area contributed by atoms with Gasteiger partial charge in [0.2, 0.25) is 5.95 Å². The molecule has 3 N–H and O–H groups in total. The summed E-state index contributed by atoms with van der Waals surface area (Å²) in [5, 5.41) is 3.86. The molecule has 1 aliphatic heterocycles. The summed E-state index contributed by atoms with van der Waals surface area (Å²) in [6.45, 7) is 2.19. The Morgan fingerprint density at radius 2 is 1.83 bits per heavy atom. The zero-order valence-corrected chi connectivity index (χ0v) is 14.4. The molecule has 2 heterocycles. The fourth-order valence-electron chi connectivity index (χ4n) is 3.57. The predicted octanol–water partition coefficient (Wildman–Crippen LogP) is 3.93. The maximum atomic E-state index is 6.00. The van der Waals surface area contributed by atoms with E-state index in [0.717, 1.165) is 37.4 Å². The molecule has 24 heavy (non-hydrogen) atoms. The fourth-order valence-corrected chi connectivity index (χ4v) is 3.69. The van der Waals surface area contributed by atoms with Gasteiger partial charge in [-0.25, -0.2) is 4.98 Å².